The number of nitrogens with one attached hydrogen (secondary N) is 1. The number of pyridine rings is 1. The first-order chi connectivity index (χ1) is 20.9. The molecule has 0 radical (unpaired) electrons. The van der Waals surface area contributed by atoms with Gasteiger partial charge in [-0.15, -0.1) is 0 Å². The summed E-state index contributed by atoms with van der Waals surface area (Å²) in [5.41, 5.74) is 3.85. The van der Waals surface area contributed by atoms with Gasteiger partial charge in [-0.05, 0) is 37.8 Å². The number of amidine groups is 1. The van der Waals surface area contributed by atoms with Crippen molar-refractivity contribution in [1.29, 1.82) is 0 Å². The van der Waals surface area contributed by atoms with Gasteiger partial charge < -0.3 is 9.64 Å². The standard InChI is InChI=1S/C32H43N7O4/c1-6-10-12-13-24(30-37-32(41)43-38-30)18-26-16-15-23(19-33-26)17-25(22-40)28(14-11-7-2)36-29(8-3)39(5)31-34-20-27(21-35-31)42-9-4/h10,12-13,15-16,19-20,22,27H,6-9,11,14,17-18,21H2,1-5H3,(H,37,38,41)/b12-10-,24-13+,28-25-,36-29?. The second kappa shape index (κ2) is 17.6. The van der Waals surface area contributed by atoms with E-state index in [0.29, 0.717) is 56.2 Å². The maximum absolute atomic E-state index is 12.4. The Hall–Kier alpha value is -4.25. The highest BCUT2D eigenvalue weighted by Crippen LogP contribution is 2.20. The number of ether oxygens (including phenoxy) is 1. The Morgan fingerprint density at radius 2 is 2.07 bits per heavy atom. The van der Waals surface area contributed by atoms with Crippen LogP contribution in [0, 0.1) is 0 Å². The van der Waals surface area contributed by atoms with Crippen molar-refractivity contribution in [1.82, 2.24) is 20.0 Å². The van der Waals surface area contributed by atoms with Crippen molar-refractivity contribution in [2.45, 2.75) is 78.7 Å². The molecule has 0 bridgehead atoms. The van der Waals surface area contributed by atoms with Gasteiger partial charge in [0.2, 0.25) is 5.96 Å². The van der Waals surface area contributed by atoms with Crippen LogP contribution in [0.3, 0.4) is 0 Å². The van der Waals surface area contributed by atoms with E-state index in [1.165, 1.54) is 0 Å². The molecule has 11 heteroatoms. The number of hydrogen-bond acceptors (Lipinski definition) is 9. The van der Waals surface area contributed by atoms with Crippen LogP contribution in [0.15, 0.2) is 72.1 Å². The first-order valence-corrected chi connectivity index (χ1v) is 15.0. The number of rotatable bonds is 15. The summed E-state index contributed by atoms with van der Waals surface area (Å²) >= 11 is 0. The molecule has 43 heavy (non-hydrogen) atoms. The molecule has 0 spiro atoms. The SMILES string of the molecule is CC/C=C\C=C(/Cc1ccc(C/C(C=O)=C(\CCCC)N=C(CC)N(C)C2=NCC(OCC)C=N2)cn1)c1noc(=O)[nH]1. The number of unbranched alkanes of at least 4 members (excludes halogenated alkanes) is 1. The first-order valence-electron chi connectivity index (χ1n) is 15.0. The zero-order valence-electron chi connectivity index (χ0n) is 25.9. The fourth-order valence-electron chi connectivity index (χ4n) is 4.41. The molecule has 2 aromatic rings. The molecule has 1 N–H and O–H groups in total. The first kappa shape index (κ1) is 33.3. The van der Waals surface area contributed by atoms with Crippen LogP contribution in [-0.2, 0) is 22.4 Å². The number of hydrogen-bond donors (Lipinski definition) is 1. The molecule has 0 fully saturated rings. The maximum atomic E-state index is 12.4. The zero-order chi connectivity index (χ0) is 31.0. The van der Waals surface area contributed by atoms with E-state index in [0.717, 1.165) is 53.9 Å². The number of aldehydes is 1. The smallest absolute Gasteiger partial charge is 0.371 e. The van der Waals surface area contributed by atoms with Gasteiger partial charge >= 0.3 is 5.76 Å². The largest absolute Gasteiger partial charge is 0.439 e. The number of nitrogens with zero attached hydrogens (tertiary/aromatic N) is 6. The summed E-state index contributed by atoms with van der Waals surface area (Å²) in [5.74, 6) is 1.13. The summed E-state index contributed by atoms with van der Waals surface area (Å²) in [7, 11) is 1.90. The Kier molecular flexibility index (Phi) is 13.6. The van der Waals surface area contributed by atoms with Crippen molar-refractivity contribution < 1.29 is 14.1 Å². The van der Waals surface area contributed by atoms with Crippen molar-refractivity contribution in [3.63, 3.8) is 0 Å². The Morgan fingerprint density at radius 3 is 2.65 bits per heavy atom. The van der Waals surface area contributed by atoms with Crippen molar-refractivity contribution in [3.8, 4) is 0 Å². The number of carbonyl (C=O) groups excluding carboxylic acids is 1. The Bertz CT molecular complexity index is 1430. The maximum Gasteiger partial charge on any atom is 0.439 e. The summed E-state index contributed by atoms with van der Waals surface area (Å²) < 4.78 is 10.3. The molecule has 0 saturated carbocycles. The van der Waals surface area contributed by atoms with E-state index in [-0.39, 0.29) is 6.10 Å². The van der Waals surface area contributed by atoms with Crippen molar-refractivity contribution >= 4 is 29.9 Å². The van der Waals surface area contributed by atoms with Crippen LogP contribution in [-0.4, -0.2) is 70.6 Å². The molecule has 1 aliphatic rings. The number of aromatic amines is 1. The number of H-pyrrole nitrogens is 1. The molecule has 1 atom stereocenters. The van der Waals surface area contributed by atoms with E-state index in [1.54, 1.807) is 12.4 Å². The van der Waals surface area contributed by atoms with Gasteiger partial charge in [0.05, 0.1) is 6.54 Å². The Labute approximate surface area is 253 Å². The molecule has 3 rings (SSSR count). The Morgan fingerprint density at radius 1 is 1.23 bits per heavy atom. The Balaban J connectivity index is 1.83. The van der Waals surface area contributed by atoms with Gasteiger partial charge in [-0.2, -0.15) is 0 Å². The van der Waals surface area contributed by atoms with Crippen LogP contribution < -0.4 is 5.76 Å². The topological polar surface area (TPSA) is 138 Å². The number of guanidine groups is 1. The van der Waals surface area contributed by atoms with Crippen LogP contribution in [0.1, 0.15) is 76.9 Å². The van der Waals surface area contributed by atoms with Gasteiger partial charge in [-0.3, -0.25) is 19.3 Å². The number of aromatic nitrogens is 3. The summed E-state index contributed by atoms with van der Waals surface area (Å²) in [6, 6.07) is 3.88. The lowest BCUT2D eigenvalue weighted by molar-refractivity contribution is -0.105. The van der Waals surface area contributed by atoms with Crippen LogP contribution in [0.25, 0.3) is 5.57 Å². The van der Waals surface area contributed by atoms with Gasteiger partial charge in [-0.1, -0.05) is 56.6 Å². The summed E-state index contributed by atoms with van der Waals surface area (Å²) in [4.78, 5) is 47.0. The van der Waals surface area contributed by atoms with Crippen LogP contribution in [0.5, 0.6) is 0 Å². The molecule has 1 unspecified atom stereocenters. The fraction of sp³-hybridized carbons (Fsp3) is 0.469. The van der Waals surface area contributed by atoms with Crippen LogP contribution in [0.4, 0.5) is 0 Å². The molecule has 1 aliphatic heterocycles. The molecule has 2 aromatic heterocycles. The highest BCUT2D eigenvalue weighted by Gasteiger charge is 2.18. The van der Waals surface area contributed by atoms with Gasteiger partial charge in [0.15, 0.2) is 5.82 Å². The van der Waals surface area contributed by atoms with E-state index in [2.05, 4.69) is 32.0 Å². The van der Waals surface area contributed by atoms with Gasteiger partial charge in [0.25, 0.3) is 0 Å². The highest BCUT2D eigenvalue weighted by atomic mass is 16.5. The van der Waals surface area contributed by atoms with E-state index >= 15 is 0 Å². The second-order valence-electron chi connectivity index (χ2n) is 10.0. The molecule has 0 amide bonds. The van der Waals surface area contributed by atoms with Gasteiger partial charge in [-0.25, -0.2) is 19.8 Å². The van der Waals surface area contributed by atoms with Gasteiger partial charge in [0, 0.05) is 67.9 Å². The fourth-order valence-corrected chi connectivity index (χ4v) is 4.41. The summed E-state index contributed by atoms with van der Waals surface area (Å²) in [6.45, 7) is 9.26. The van der Waals surface area contributed by atoms with Crippen molar-refractivity contribution in [2.24, 2.45) is 15.0 Å². The quantitative estimate of drug-likeness (QED) is 0.1000. The molecule has 11 nitrogen and oxygen atoms in total. The van der Waals surface area contributed by atoms with E-state index in [9.17, 15) is 9.59 Å². The molecule has 230 valence electrons. The van der Waals surface area contributed by atoms with Crippen molar-refractivity contribution in [3.05, 3.63) is 75.5 Å². The molecule has 3 heterocycles. The van der Waals surface area contributed by atoms with E-state index in [1.807, 2.05) is 63.1 Å². The third kappa shape index (κ3) is 10.2. The monoisotopic (exact) mass is 589 g/mol. The molecular formula is C32H43N7O4. The normalized spacial score (nSPS) is 16.4. The van der Waals surface area contributed by atoms with E-state index in [4.69, 9.17) is 14.3 Å². The lowest BCUT2D eigenvalue weighted by Gasteiger charge is -2.23. The zero-order valence-corrected chi connectivity index (χ0v) is 25.9. The number of allylic oxidation sites excluding steroid dienone is 6. The van der Waals surface area contributed by atoms with Crippen LogP contribution >= 0.6 is 0 Å². The third-order valence-corrected chi connectivity index (χ3v) is 6.76. The third-order valence-electron chi connectivity index (χ3n) is 6.76. The minimum Gasteiger partial charge on any atom is -0.371 e. The average molecular weight is 590 g/mol. The lowest BCUT2D eigenvalue weighted by Crippen LogP contribution is -2.36. The number of aliphatic imine (C=N–C) groups is 3. The predicted molar refractivity (Wildman–Crippen MR) is 170 cm³/mol. The van der Waals surface area contributed by atoms with Crippen molar-refractivity contribution in [2.75, 3.05) is 20.2 Å². The minimum atomic E-state index is -0.606. The van der Waals surface area contributed by atoms with E-state index < -0.39 is 5.76 Å². The molecule has 0 aliphatic carbocycles. The summed E-state index contributed by atoms with van der Waals surface area (Å²) in [6.07, 6.45) is 15.1. The average Bonchev–Trinajstić information content (AvgIpc) is 3.47. The van der Waals surface area contributed by atoms with Crippen LogP contribution in [0.2, 0.25) is 0 Å². The summed E-state index contributed by atoms with van der Waals surface area (Å²) in [5, 5.41) is 3.83. The molecular weight excluding hydrogens is 546 g/mol. The lowest BCUT2D eigenvalue weighted by atomic mass is 10.0. The van der Waals surface area contributed by atoms with Gasteiger partial charge in [0.1, 0.15) is 18.2 Å². The molecule has 0 aromatic carbocycles. The predicted octanol–water partition coefficient (Wildman–Crippen LogP) is 5.12. The number of carbonyl (C=O) groups is 1. The second-order valence-corrected chi connectivity index (χ2v) is 10.0. The highest BCUT2D eigenvalue weighted by molar-refractivity contribution is 6.03. The minimum absolute atomic E-state index is 0.113. The molecule has 0 saturated heterocycles.